The number of likely N-dealkylation sites (N-methyl/N-ethyl adjacent to an activating group) is 1. The van der Waals surface area contributed by atoms with Crippen molar-refractivity contribution in [2.75, 3.05) is 19.3 Å². The maximum absolute atomic E-state index is 12.3. The van der Waals surface area contributed by atoms with Crippen LogP contribution in [0.5, 0.6) is 0 Å². The largest absolute Gasteiger partial charge is 0.397 e. The molecule has 0 aliphatic carbocycles. The molecule has 0 fully saturated rings. The van der Waals surface area contributed by atoms with Gasteiger partial charge in [-0.1, -0.05) is 29.3 Å². The molecule has 0 saturated heterocycles. The second-order valence-electron chi connectivity index (χ2n) is 4.42. The van der Waals surface area contributed by atoms with Gasteiger partial charge in [0.25, 0.3) is 5.91 Å². The van der Waals surface area contributed by atoms with E-state index in [0.717, 1.165) is 6.42 Å². The molecule has 2 N–H and O–H groups in total. The van der Waals surface area contributed by atoms with E-state index >= 15 is 0 Å². The van der Waals surface area contributed by atoms with E-state index in [1.54, 1.807) is 35.4 Å². The molecule has 0 unspecified atom stereocenters. The lowest BCUT2D eigenvalue weighted by Crippen LogP contribution is -2.28. The van der Waals surface area contributed by atoms with E-state index in [2.05, 4.69) is 6.07 Å². The van der Waals surface area contributed by atoms with E-state index in [-0.39, 0.29) is 10.9 Å². The summed E-state index contributed by atoms with van der Waals surface area (Å²) >= 11 is 13.5. The van der Waals surface area contributed by atoms with Crippen molar-refractivity contribution in [3.63, 3.8) is 0 Å². The van der Waals surface area contributed by atoms with E-state index < -0.39 is 0 Å². The normalized spacial score (nSPS) is 10.6. The third kappa shape index (κ3) is 3.45. The summed E-state index contributed by atoms with van der Waals surface area (Å²) in [7, 11) is 1.76. The number of hydrogen-bond acceptors (Lipinski definition) is 3. The van der Waals surface area contributed by atoms with Gasteiger partial charge in [-0.3, -0.25) is 4.79 Å². The third-order valence-corrected chi connectivity index (χ3v) is 4.68. The van der Waals surface area contributed by atoms with Gasteiger partial charge >= 0.3 is 0 Å². The number of amides is 1. The van der Waals surface area contributed by atoms with Crippen molar-refractivity contribution >= 4 is 46.1 Å². The Labute approximate surface area is 131 Å². The van der Waals surface area contributed by atoms with Crippen LogP contribution in [0.4, 0.5) is 5.69 Å². The molecule has 0 saturated carbocycles. The number of benzene rings is 1. The molecule has 2 rings (SSSR count). The minimum absolute atomic E-state index is 0.119. The Balaban J connectivity index is 2.06. The predicted molar refractivity (Wildman–Crippen MR) is 85.9 cm³/mol. The SMILES string of the molecule is CN(CCc1cccs1)C(=O)c1cc(N)c(Cl)c(Cl)c1. The maximum atomic E-state index is 12.3. The van der Waals surface area contributed by atoms with Crippen LogP contribution in [0, 0.1) is 0 Å². The standard InChI is InChI=1S/C14H14Cl2N2OS/c1-18(5-4-10-3-2-6-20-10)14(19)9-7-11(15)13(16)12(17)8-9/h2-3,6-8H,4-5,17H2,1H3. The Morgan fingerprint density at radius 2 is 2.15 bits per heavy atom. The number of rotatable bonds is 4. The number of nitrogens with zero attached hydrogens (tertiary/aromatic N) is 1. The fourth-order valence-electron chi connectivity index (χ4n) is 1.79. The Morgan fingerprint density at radius 3 is 2.75 bits per heavy atom. The number of thiophene rings is 1. The summed E-state index contributed by atoms with van der Waals surface area (Å²) in [6, 6.07) is 7.16. The molecular weight excluding hydrogens is 315 g/mol. The molecule has 1 aromatic heterocycles. The summed E-state index contributed by atoms with van der Waals surface area (Å²) in [6.07, 6.45) is 0.830. The smallest absolute Gasteiger partial charge is 0.253 e. The molecule has 1 amide bonds. The van der Waals surface area contributed by atoms with Crippen molar-refractivity contribution in [1.29, 1.82) is 0 Å². The summed E-state index contributed by atoms with van der Waals surface area (Å²) in [4.78, 5) is 15.2. The third-order valence-electron chi connectivity index (χ3n) is 2.92. The molecular formula is C14H14Cl2N2OS. The highest BCUT2D eigenvalue weighted by molar-refractivity contribution is 7.09. The average molecular weight is 329 g/mol. The molecule has 0 aliphatic rings. The monoisotopic (exact) mass is 328 g/mol. The minimum Gasteiger partial charge on any atom is -0.397 e. The van der Waals surface area contributed by atoms with Gasteiger partial charge in [0.05, 0.1) is 15.7 Å². The lowest BCUT2D eigenvalue weighted by atomic mass is 10.1. The first-order valence-corrected chi connectivity index (χ1v) is 7.65. The van der Waals surface area contributed by atoms with Crippen LogP contribution in [0.25, 0.3) is 0 Å². The maximum Gasteiger partial charge on any atom is 0.253 e. The summed E-state index contributed by atoms with van der Waals surface area (Å²) in [5, 5.41) is 2.60. The Hall–Kier alpha value is -1.23. The van der Waals surface area contributed by atoms with Crippen LogP contribution < -0.4 is 5.73 Å². The zero-order valence-corrected chi connectivity index (χ0v) is 13.2. The van der Waals surface area contributed by atoms with Crippen LogP contribution in [-0.2, 0) is 6.42 Å². The number of halogens is 2. The van der Waals surface area contributed by atoms with Gasteiger partial charge in [0, 0.05) is 24.0 Å². The Bertz CT molecular complexity index is 591. The van der Waals surface area contributed by atoms with Crippen molar-refractivity contribution < 1.29 is 4.79 Å². The molecule has 0 radical (unpaired) electrons. The summed E-state index contributed by atoms with van der Waals surface area (Å²) in [6.45, 7) is 0.638. The summed E-state index contributed by atoms with van der Waals surface area (Å²) in [5.41, 5.74) is 6.49. The molecule has 106 valence electrons. The van der Waals surface area contributed by atoms with Gasteiger partial charge < -0.3 is 10.6 Å². The molecule has 6 heteroatoms. The predicted octanol–water partition coefficient (Wildman–Crippen LogP) is 3.95. The average Bonchev–Trinajstić information content (AvgIpc) is 2.94. The van der Waals surface area contributed by atoms with Gasteiger partial charge in [0.1, 0.15) is 0 Å². The van der Waals surface area contributed by atoms with Crippen molar-refractivity contribution in [2.45, 2.75) is 6.42 Å². The Morgan fingerprint density at radius 1 is 1.40 bits per heavy atom. The zero-order valence-electron chi connectivity index (χ0n) is 10.9. The molecule has 1 heterocycles. The summed E-state index contributed by atoms with van der Waals surface area (Å²) in [5.74, 6) is -0.119. The van der Waals surface area contributed by atoms with Crippen molar-refractivity contribution in [1.82, 2.24) is 4.90 Å². The van der Waals surface area contributed by atoms with E-state index in [4.69, 9.17) is 28.9 Å². The van der Waals surface area contributed by atoms with Gasteiger partial charge in [-0.15, -0.1) is 11.3 Å². The van der Waals surface area contributed by atoms with Crippen LogP contribution in [0.1, 0.15) is 15.2 Å². The van der Waals surface area contributed by atoms with Crippen LogP contribution >= 0.6 is 34.5 Å². The van der Waals surface area contributed by atoms with Crippen LogP contribution in [0.15, 0.2) is 29.6 Å². The number of carbonyl (C=O) groups is 1. The molecule has 3 nitrogen and oxygen atoms in total. The van der Waals surface area contributed by atoms with E-state index in [9.17, 15) is 4.79 Å². The van der Waals surface area contributed by atoms with Gasteiger partial charge in [0.15, 0.2) is 0 Å². The lowest BCUT2D eigenvalue weighted by molar-refractivity contribution is 0.0797. The molecule has 0 bridgehead atoms. The summed E-state index contributed by atoms with van der Waals surface area (Å²) < 4.78 is 0. The van der Waals surface area contributed by atoms with Crippen LogP contribution in [-0.4, -0.2) is 24.4 Å². The number of nitrogens with two attached hydrogens (primary N) is 1. The molecule has 2 aromatic rings. The van der Waals surface area contributed by atoms with Crippen molar-refractivity contribution in [3.05, 3.63) is 50.1 Å². The van der Waals surface area contributed by atoms with E-state index in [1.165, 1.54) is 4.88 Å². The number of anilines is 1. The zero-order chi connectivity index (χ0) is 14.7. The van der Waals surface area contributed by atoms with Crippen LogP contribution in [0.2, 0.25) is 10.0 Å². The van der Waals surface area contributed by atoms with Gasteiger partial charge in [-0.25, -0.2) is 0 Å². The first kappa shape index (κ1) is 15.2. The molecule has 1 aromatic carbocycles. The number of nitrogen functional groups attached to an aromatic ring is 1. The molecule has 0 aliphatic heterocycles. The lowest BCUT2D eigenvalue weighted by Gasteiger charge is -2.17. The second kappa shape index (κ2) is 6.48. The highest BCUT2D eigenvalue weighted by Crippen LogP contribution is 2.29. The van der Waals surface area contributed by atoms with Gasteiger partial charge in [-0.05, 0) is 30.0 Å². The molecule has 0 atom stereocenters. The number of carbonyl (C=O) groups excluding carboxylic acids is 1. The van der Waals surface area contributed by atoms with Crippen molar-refractivity contribution in [2.24, 2.45) is 0 Å². The van der Waals surface area contributed by atoms with Gasteiger partial charge in [0.2, 0.25) is 0 Å². The topological polar surface area (TPSA) is 46.3 Å². The number of hydrogen-bond donors (Lipinski definition) is 1. The highest BCUT2D eigenvalue weighted by atomic mass is 35.5. The fourth-order valence-corrected chi connectivity index (χ4v) is 2.82. The highest BCUT2D eigenvalue weighted by Gasteiger charge is 2.15. The van der Waals surface area contributed by atoms with Crippen LogP contribution in [0.3, 0.4) is 0 Å². The molecule has 0 spiro atoms. The second-order valence-corrected chi connectivity index (χ2v) is 6.23. The molecule has 20 heavy (non-hydrogen) atoms. The fraction of sp³-hybridized carbons (Fsp3) is 0.214. The first-order valence-electron chi connectivity index (χ1n) is 6.01. The van der Waals surface area contributed by atoms with Crippen molar-refractivity contribution in [3.8, 4) is 0 Å². The Kier molecular flexibility index (Phi) is 4.91. The van der Waals surface area contributed by atoms with Gasteiger partial charge in [-0.2, -0.15) is 0 Å². The van der Waals surface area contributed by atoms with E-state index in [0.29, 0.717) is 22.8 Å². The van der Waals surface area contributed by atoms with E-state index in [1.807, 2.05) is 11.4 Å². The quantitative estimate of drug-likeness (QED) is 0.863. The first-order chi connectivity index (χ1) is 9.49. The minimum atomic E-state index is -0.119.